The number of rotatable bonds is 3. The molecule has 0 spiro atoms. The zero-order chi connectivity index (χ0) is 10.6. The molecule has 0 amide bonds. The van der Waals surface area contributed by atoms with Gasteiger partial charge >= 0.3 is 6.16 Å². The van der Waals surface area contributed by atoms with Crippen molar-refractivity contribution in [3.8, 4) is 5.88 Å². The normalized spacial score (nSPS) is 10.3. The van der Waals surface area contributed by atoms with E-state index in [9.17, 15) is 4.79 Å². The number of aryl methyl sites for hydroxylation is 1. The Balaban J connectivity index is 2.34. The number of carbonyl (C=O) groups is 1. The van der Waals surface area contributed by atoms with Crippen LogP contribution < -0.4 is 4.74 Å². The van der Waals surface area contributed by atoms with Crippen LogP contribution in [0.4, 0.5) is 4.79 Å². The van der Waals surface area contributed by atoms with E-state index in [4.69, 9.17) is 14.0 Å². The number of hydrogen-bond acceptors (Lipinski definition) is 5. The molecule has 0 saturated carbocycles. The molecular weight excluding hydrogens is 186 g/mol. The molecule has 0 aromatic carbocycles. The SMILES string of the molecule is Cc1cc(OC(=O)OCC(C)C)no1. The van der Waals surface area contributed by atoms with Crippen molar-refractivity contribution in [2.24, 2.45) is 5.92 Å². The summed E-state index contributed by atoms with van der Waals surface area (Å²) in [6.07, 6.45) is -0.757. The number of hydrogen-bond donors (Lipinski definition) is 0. The zero-order valence-electron chi connectivity index (χ0n) is 8.44. The van der Waals surface area contributed by atoms with Gasteiger partial charge in [0.25, 0.3) is 5.88 Å². The van der Waals surface area contributed by atoms with Crippen LogP contribution in [-0.4, -0.2) is 17.9 Å². The first kappa shape index (κ1) is 10.6. The average Bonchev–Trinajstić information content (AvgIpc) is 2.48. The van der Waals surface area contributed by atoms with Crippen LogP contribution in [0.3, 0.4) is 0 Å². The summed E-state index contributed by atoms with van der Waals surface area (Å²) in [5.41, 5.74) is 0. The van der Waals surface area contributed by atoms with Gasteiger partial charge in [-0.1, -0.05) is 13.8 Å². The second-order valence-corrected chi connectivity index (χ2v) is 3.33. The predicted molar refractivity (Wildman–Crippen MR) is 48.1 cm³/mol. The molecule has 1 aromatic rings. The van der Waals surface area contributed by atoms with Gasteiger partial charge in [0.1, 0.15) is 5.76 Å². The molecule has 0 saturated heterocycles. The molecular formula is C9H13NO4. The zero-order valence-corrected chi connectivity index (χ0v) is 8.44. The van der Waals surface area contributed by atoms with Crippen LogP contribution in [0.25, 0.3) is 0 Å². The summed E-state index contributed by atoms with van der Waals surface area (Å²) >= 11 is 0. The highest BCUT2D eigenvalue weighted by Gasteiger charge is 2.10. The summed E-state index contributed by atoms with van der Waals surface area (Å²) in [7, 11) is 0. The summed E-state index contributed by atoms with van der Waals surface area (Å²) in [5, 5.41) is 3.48. The van der Waals surface area contributed by atoms with E-state index in [1.165, 1.54) is 6.07 Å². The fourth-order valence-corrected chi connectivity index (χ4v) is 0.741. The van der Waals surface area contributed by atoms with Crippen molar-refractivity contribution in [2.75, 3.05) is 6.61 Å². The molecule has 14 heavy (non-hydrogen) atoms. The Labute approximate surface area is 82.0 Å². The summed E-state index contributed by atoms with van der Waals surface area (Å²) in [6.45, 7) is 5.91. The van der Waals surface area contributed by atoms with E-state index in [0.29, 0.717) is 12.4 Å². The van der Waals surface area contributed by atoms with E-state index in [-0.39, 0.29) is 11.8 Å². The van der Waals surface area contributed by atoms with Crippen molar-refractivity contribution in [2.45, 2.75) is 20.8 Å². The maximum absolute atomic E-state index is 11.0. The van der Waals surface area contributed by atoms with Gasteiger partial charge in [-0.3, -0.25) is 0 Å². The highest BCUT2D eigenvalue weighted by atomic mass is 16.7. The molecule has 5 heteroatoms. The molecule has 5 nitrogen and oxygen atoms in total. The van der Waals surface area contributed by atoms with Gasteiger partial charge in [-0.05, 0) is 18.0 Å². The molecule has 1 rings (SSSR count). The summed E-state index contributed by atoms with van der Waals surface area (Å²) in [6, 6.07) is 1.51. The first-order chi connectivity index (χ1) is 6.58. The molecule has 0 aliphatic heterocycles. The van der Waals surface area contributed by atoms with Gasteiger partial charge in [-0.15, -0.1) is 0 Å². The maximum Gasteiger partial charge on any atom is 0.515 e. The molecule has 0 N–H and O–H groups in total. The van der Waals surface area contributed by atoms with E-state index < -0.39 is 6.16 Å². The van der Waals surface area contributed by atoms with Crippen LogP contribution in [-0.2, 0) is 4.74 Å². The van der Waals surface area contributed by atoms with Crippen LogP contribution in [0.5, 0.6) is 5.88 Å². The maximum atomic E-state index is 11.0. The highest BCUT2D eigenvalue weighted by Crippen LogP contribution is 2.10. The number of aromatic nitrogens is 1. The molecule has 0 bridgehead atoms. The third-order valence-corrected chi connectivity index (χ3v) is 1.33. The van der Waals surface area contributed by atoms with E-state index >= 15 is 0 Å². The van der Waals surface area contributed by atoms with E-state index in [0.717, 1.165) is 0 Å². The minimum atomic E-state index is -0.757. The third-order valence-electron chi connectivity index (χ3n) is 1.33. The molecule has 0 fully saturated rings. The Bertz CT molecular complexity index is 306. The fraction of sp³-hybridized carbons (Fsp3) is 0.556. The molecule has 1 heterocycles. The van der Waals surface area contributed by atoms with Crippen molar-refractivity contribution in [3.63, 3.8) is 0 Å². The molecule has 0 aliphatic carbocycles. The highest BCUT2D eigenvalue weighted by molar-refractivity contribution is 5.62. The van der Waals surface area contributed by atoms with Gasteiger partial charge in [0.05, 0.1) is 6.61 Å². The van der Waals surface area contributed by atoms with E-state index in [1.54, 1.807) is 6.92 Å². The largest absolute Gasteiger partial charge is 0.515 e. The lowest BCUT2D eigenvalue weighted by atomic mass is 10.2. The molecule has 0 unspecified atom stereocenters. The van der Waals surface area contributed by atoms with E-state index in [2.05, 4.69) is 5.16 Å². The topological polar surface area (TPSA) is 61.6 Å². The molecule has 1 aromatic heterocycles. The third kappa shape index (κ3) is 3.47. The van der Waals surface area contributed by atoms with Crippen molar-refractivity contribution in [3.05, 3.63) is 11.8 Å². The predicted octanol–water partition coefficient (Wildman–Crippen LogP) is 2.15. The van der Waals surface area contributed by atoms with Gasteiger partial charge in [0.2, 0.25) is 0 Å². The fourth-order valence-electron chi connectivity index (χ4n) is 0.741. The first-order valence-electron chi connectivity index (χ1n) is 4.36. The van der Waals surface area contributed by atoms with E-state index in [1.807, 2.05) is 13.8 Å². The number of ether oxygens (including phenoxy) is 2. The van der Waals surface area contributed by atoms with Gasteiger partial charge < -0.3 is 14.0 Å². The van der Waals surface area contributed by atoms with Crippen molar-refractivity contribution in [1.29, 1.82) is 0 Å². The number of nitrogens with zero attached hydrogens (tertiary/aromatic N) is 1. The van der Waals surface area contributed by atoms with Crippen molar-refractivity contribution < 1.29 is 18.8 Å². The second-order valence-electron chi connectivity index (χ2n) is 3.33. The Morgan fingerprint density at radius 2 is 2.36 bits per heavy atom. The Hall–Kier alpha value is -1.52. The standard InChI is InChI=1S/C9H13NO4/c1-6(2)5-12-9(11)13-8-4-7(3)14-10-8/h4,6H,5H2,1-3H3. The molecule has 0 aliphatic rings. The quantitative estimate of drug-likeness (QED) is 0.698. The van der Waals surface area contributed by atoms with Crippen LogP contribution in [0.1, 0.15) is 19.6 Å². The van der Waals surface area contributed by atoms with Gasteiger partial charge in [0.15, 0.2) is 0 Å². The van der Waals surface area contributed by atoms with Crippen molar-refractivity contribution >= 4 is 6.16 Å². The average molecular weight is 199 g/mol. The van der Waals surface area contributed by atoms with Crippen LogP contribution in [0, 0.1) is 12.8 Å². The lowest BCUT2D eigenvalue weighted by Gasteiger charge is -2.04. The lowest BCUT2D eigenvalue weighted by molar-refractivity contribution is 0.0858. The van der Waals surface area contributed by atoms with Gasteiger partial charge in [-0.2, -0.15) is 0 Å². The molecule has 0 radical (unpaired) electrons. The van der Waals surface area contributed by atoms with Crippen molar-refractivity contribution in [1.82, 2.24) is 5.16 Å². The van der Waals surface area contributed by atoms with Crippen LogP contribution >= 0.6 is 0 Å². The lowest BCUT2D eigenvalue weighted by Crippen LogP contribution is -2.14. The summed E-state index contributed by atoms with van der Waals surface area (Å²) in [5.74, 6) is 0.981. The Morgan fingerprint density at radius 3 is 2.86 bits per heavy atom. The van der Waals surface area contributed by atoms with Gasteiger partial charge in [-0.25, -0.2) is 4.79 Å². The minimum Gasteiger partial charge on any atom is -0.434 e. The monoisotopic (exact) mass is 199 g/mol. The number of carbonyl (C=O) groups excluding carboxylic acids is 1. The van der Waals surface area contributed by atoms with Crippen LogP contribution in [0.15, 0.2) is 10.6 Å². The summed E-state index contributed by atoms with van der Waals surface area (Å²) in [4.78, 5) is 11.0. The van der Waals surface area contributed by atoms with Crippen LogP contribution in [0.2, 0.25) is 0 Å². The first-order valence-corrected chi connectivity index (χ1v) is 4.36. The van der Waals surface area contributed by atoms with Gasteiger partial charge in [0, 0.05) is 6.07 Å². The molecule has 0 atom stereocenters. The Morgan fingerprint density at radius 1 is 1.64 bits per heavy atom. The smallest absolute Gasteiger partial charge is 0.434 e. The molecule has 78 valence electrons. The second kappa shape index (κ2) is 4.64. The summed E-state index contributed by atoms with van der Waals surface area (Å²) < 4.78 is 14.2. The minimum absolute atomic E-state index is 0.122. The Kier molecular flexibility index (Phi) is 3.50.